The highest BCUT2D eigenvalue weighted by atomic mass is 35.7. The highest BCUT2D eigenvalue weighted by Gasteiger charge is 2.23. The van der Waals surface area contributed by atoms with Gasteiger partial charge in [0.2, 0.25) is 0 Å². The summed E-state index contributed by atoms with van der Waals surface area (Å²) in [5.74, 6) is -2.81. The van der Waals surface area contributed by atoms with Crippen molar-refractivity contribution in [1.82, 2.24) is 0 Å². The summed E-state index contributed by atoms with van der Waals surface area (Å²) in [6.07, 6.45) is -0.618. The molecular weight excluding hydrogens is 290 g/mol. The lowest BCUT2D eigenvalue weighted by Gasteiger charge is -2.16. The molecule has 4 nitrogen and oxygen atoms in total. The van der Waals surface area contributed by atoms with Crippen molar-refractivity contribution in [3.05, 3.63) is 23.8 Å². The summed E-state index contributed by atoms with van der Waals surface area (Å²) < 4.78 is 58.8. The summed E-state index contributed by atoms with van der Waals surface area (Å²) in [4.78, 5) is -0.746. The molecule has 0 amide bonds. The van der Waals surface area contributed by atoms with Crippen LogP contribution in [0, 0.1) is 11.6 Å². The first kappa shape index (κ1) is 15.1. The predicted octanol–water partition coefficient (Wildman–Crippen LogP) is 2.31. The van der Waals surface area contributed by atoms with Crippen molar-refractivity contribution in [1.29, 1.82) is 0 Å². The van der Waals surface area contributed by atoms with Crippen LogP contribution in [0.25, 0.3) is 0 Å². The van der Waals surface area contributed by atoms with E-state index in [9.17, 15) is 17.2 Å². The van der Waals surface area contributed by atoms with Crippen molar-refractivity contribution in [3.63, 3.8) is 0 Å². The van der Waals surface area contributed by atoms with Crippen LogP contribution < -0.4 is 4.74 Å². The van der Waals surface area contributed by atoms with Gasteiger partial charge in [-0.05, 0) is 13.0 Å². The van der Waals surface area contributed by atoms with Crippen LogP contribution in [0.3, 0.4) is 0 Å². The normalized spacial score (nSPS) is 13.4. The predicted molar refractivity (Wildman–Crippen MR) is 61.4 cm³/mol. The molecule has 0 N–H and O–H groups in total. The lowest BCUT2D eigenvalue weighted by molar-refractivity contribution is 0.0870. The average Bonchev–Trinajstić information content (AvgIpc) is 2.20. The Balaban J connectivity index is 3.25. The standard InChI is InChI=1S/C10H11ClF2O4S/c1-6(5-16-2)17-10-8(13)3-7(12)4-9(10)18(11,14)15/h3-4,6H,5H2,1-2H3. The molecule has 1 aromatic carbocycles. The smallest absolute Gasteiger partial charge is 0.265 e. The number of hydrogen-bond donors (Lipinski definition) is 0. The number of rotatable bonds is 5. The van der Waals surface area contributed by atoms with Gasteiger partial charge in [0.25, 0.3) is 9.05 Å². The van der Waals surface area contributed by atoms with Crippen molar-refractivity contribution in [3.8, 4) is 5.75 Å². The molecule has 8 heteroatoms. The zero-order chi connectivity index (χ0) is 13.9. The van der Waals surface area contributed by atoms with Crippen LogP contribution in [0.15, 0.2) is 17.0 Å². The lowest BCUT2D eigenvalue weighted by atomic mass is 10.3. The van der Waals surface area contributed by atoms with Gasteiger partial charge in [-0.25, -0.2) is 17.2 Å². The lowest BCUT2D eigenvalue weighted by Crippen LogP contribution is -2.19. The Bertz CT molecular complexity index is 533. The Labute approximate surface area is 108 Å². The van der Waals surface area contributed by atoms with E-state index in [2.05, 4.69) is 0 Å². The van der Waals surface area contributed by atoms with Crippen LogP contribution in [0.1, 0.15) is 6.92 Å². The third-order valence-corrected chi connectivity index (χ3v) is 3.28. The van der Waals surface area contributed by atoms with Crippen LogP contribution in [-0.2, 0) is 13.8 Å². The molecule has 0 fully saturated rings. The zero-order valence-corrected chi connectivity index (χ0v) is 11.2. The summed E-state index contributed by atoms with van der Waals surface area (Å²) in [7, 11) is 2.19. The monoisotopic (exact) mass is 300 g/mol. The molecule has 102 valence electrons. The summed E-state index contributed by atoms with van der Waals surface area (Å²) in [5.41, 5.74) is 0. The number of hydrogen-bond acceptors (Lipinski definition) is 4. The minimum Gasteiger partial charge on any atom is -0.484 e. The van der Waals surface area contributed by atoms with Crippen molar-refractivity contribution in [2.75, 3.05) is 13.7 Å². The molecule has 0 saturated heterocycles. The van der Waals surface area contributed by atoms with E-state index in [1.54, 1.807) is 0 Å². The van der Waals surface area contributed by atoms with E-state index in [0.717, 1.165) is 0 Å². The van der Waals surface area contributed by atoms with E-state index in [1.807, 2.05) is 0 Å². The minimum absolute atomic E-state index is 0.110. The van der Waals surface area contributed by atoms with Gasteiger partial charge in [-0.3, -0.25) is 0 Å². The van der Waals surface area contributed by atoms with E-state index >= 15 is 0 Å². The van der Waals surface area contributed by atoms with Gasteiger partial charge in [-0.2, -0.15) is 0 Å². The van der Waals surface area contributed by atoms with Gasteiger partial charge >= 0.3 is 0 Å². The van der Waals surface area contributed by atoms with Crippen LogP contribution in [0.2, 0.25) is 0 Å². The topological polar surface area (TPSA) is 52.6 Å². The molecule has 0 bridgehead atoms. The van der Waals surface area contributed by atoms with Crippen LogP contribution >= 0.6 is 10.7 Å². The second-order valence-electron chi connectivity index (χ2n) is 3.54. The maximum Gasteiger partial charge on any atom is 0.265 e. The number of methoxy groups -OCH3 is 1. The van der Waals surface area contributed by atoms with Gasteiger partial charge in [0.05, 0.1) is 6.61 Å². The fourth-order valence-electron chi connectivity index (χ4n) is 1.30. The summed E-state index contributed by atoms with van der Waals surface area (Å²) in [6.45, 7) is 1.65. The third-order valence-electron chi connectivity index (χ3n) is 1.96. The molecule has 0 aliphatic carbocycles. The maximum atomic E-state index is 13.5. The molecule has 0 radical (unpaired) electrons. The summed E-state index contributed by atoms with van der Waals surface area (Å²) >= 11 is 0. The van der Waals surface area contributed by atoms with E-state index in [4.69, 9.17) is 20.2 Å². The van der Waals surface area contributed by atoms with Crippen molar-refractivity contribution >= 4 is 19.7 Å². The van der Waals surface area contributed by atoms with E-state index in [-0.39, 0.29) is 6.61 Å². The molecule has 1 unspecified atom stereocenters. The molecule has 1 rings (SSSR count). The van der Waals surface area contributed by atoms with Gasteiger partial charge in [-0.15, -0.1) is 0 Å². The van der Waals surface area contributed by atoms with Gasteiger partial charge < -0.3 is 9.47 Å². The number of benzene rings is 1. The molecule has 0 heterocycles. The van der Waals surface area contributed by atoms with E-state index in [1.165, 1.54) is 14.0 Å². The Kier molecular flexibility index (Phi) is 4.89. The van der Waals surface area contributed by atoms with E-state index in [0.29, 0.717) is 12.1 Å². The van der Waals surface area contributed by atoms with Gasteiger partial charge in [0.1, 0.15) is 16.8 Å². The quantitative estimate of drug-likeness (QED) is 0.783. The Morgan fingerprint density at radius 2 is 2.00 bits per heavy atom. The van der Waals surface area contributed by atoms with Crippen molar-refractivity contribution < 1.29 is 26.7 Å². The first-order chi connectivity index (χ1) is 8.25. The fourth-order valence-corrected chi connectivity index (χ4v) is 2.27. The maximum absolute atomic E-state index is 13.5. The van der Waals surface area contributed by atoms with Crippen molar-refractivity contribution in [2.24, 2.45) is 0 Å². The SMILES string of the molecule is COCC(C)Oc1c(F)cc(F)cc1S(=O)(=O)Cl. The Hall–Kier alpha value is -0.920. The first-order valence-corrected chi connectivity index (χ1v) is 7.16. The van der Waals surface area contributed by atoms with Crippen LogP contribution in [0.4, 0.5) is 8.78 Å². The molecular formula is C10H11ClF2O4S. The molecule has 0 aliphatic heterocycles. The molecule has 0 aromatic heterocycles. The van der Waals surface area contributed by atoms with Gasteiger partial charge in [0.15, 0.2) is 11.6 Å². The molecule has 18 heavy (non-hydrogen) atoms. The van der Waals surface area contributed by atoms with Gasteiger partial charge in [0, 0.05) is 23.9 Å². The average molecular weight is 301 g/mol. The molecule has 0 saturated carbocycles. The Morgan fingerprint density at radius 3 is 2.50 bits per heavy atom. The number of halogens is 3. The highest BCUT2D eigenvalue weighted by Crippen LogP contribution is 2.31. The second kappa shape index (κ2) is 5.81. The number of ether oxygens (including phenoxy) is 2. The third kappa shape index (κ3) is 3.79. The fraction of sp³-hybridized carbons (Fsp3) is 0.400. The molecule has 1 aromatic rings. The summed E-state index contributed by atoms with van der Waals surface area (Å²) in [5, 5.41) is 0. The largest absolute Gasteiger partial charge is 0.484 e. The highest BCUT2D eigenvalue weighted by molar-refractivity contribution is 8.13. The summed E-state index contributed by atoms with van der Waals surface area (Å²) in [6, 6.07) is 1.11. The van der Waals surface area contributed by atoms with Crippen LogP contribution in [0.5, 0.6) is 5.75 Å². The molecule has 0 spiro atoms. The van der Waals surface area contributed by atoms with Crippen molar-refractivity contribution in [2.45, 2.75) is 17.9 Å². The van der Waals surface area contributed by atoms with Crippen LogP contribution in [-0.4, -0.2) is 28.2 Å². The van der Waals surface area contributed by atoms with Gasteiger partial charge in [-0.1, -0.05) is 0 Å². The molecule has 1 atom stereocenters. The Morgan fingerprint density at radius 1 is 1.39 bits per heavy atom. The molecule has 0 aliphatic rings. The minimum atomic E-state index is -4.31. The second-order valence-corrected chi connectivity index (χ2v) is 6.07. The van der Waals surface area contributed by atoms with E-state index < -0.39 is 37.4 Å². The first-order valence-electron chi connectivity index (χ1n) is 4.85. The zero-order valence-electron chi connectivity index (χ0n) is 9.61.